The van der Waals surface area contributed by atoms with Gasteiger partial charge in [0.2, 0.25) is 11.8 Å². The first-order valence-electron chi connectivity index (χ1n) is 5.93. The van der Waals surface area contributed by atoms with Gasteiger partial charge in [-0.1, -0.05) is 20.3 Å². The molecule has 0 radical (unpaired) electrons. The largest absolute Gasteiger partial charge is 0.480 e. The van der Waals surface area contributed by atoms with Crippen LogP contribution in [0.25, 0.3) is 0 Å². The Bertz CT molecular complexity index is 360. The highest BCUT2D eigenvalue weighted by Crippen LogP contribution is 2.23. The SMILES string of the molecule is CCC(C)CN(CC)c1ncc(Br)c(OC)n1. The van der Waals surface area contributed by atoms with Crippen molar-refractivity contribution >= 4 is 21.9 Å². The van der Waals surface area contributed by atoms with Gasteiger partial charge in [0.05, 0.1) is 17.8 Å². The highest BCUT2D eigenvalue weighted by atomic mass is 79.9. The molecule has 0 aliphatic carbocycles. The number of methoxy groups -OCH3 is 1. The first kappa shape index (κ1) is 14.2. The molecule has 1 atom stereocenters. The molecule has 4 nitrogen and oxygen atoms in total. The van der Waals surface area contributed by atoms with E-state index < -0.39 is 0 Å². The first-order chi connectivity index (χ1) is 8.12. The number of nitrogens with zero attached hydrogens (tertiary/aromatic N) is 3. The monoisotopic (exact) mass is 301 g/mol. The van der Waals surface area contributed by atoms with Crippen molar-refractivity contribution in [3.05, 3.63) is 10.7 Å². The second-order valence-electron chi connectivity index (χ2n) is 4.08. The van der Waals surface area contributed by atoms with E-state index in [1.54, 1.807) is 13.3 Å². The molecule has 0 bridgehead atoms. The molecule has 0 spiro atoms. The third kappa shape index (κ3) is 3.84. The van der Waals surface area contributed by atoms with E-state index in [2.05, 4.69) is 51.6 Å². The molecule has 1 heterocycles. The Morgan fingerprint density at radius 1 is 1.47 bits per heavy atom. The van der Waals surface area contributed by atoms with E-state index in [0.717, 1.165) is 29.9 Å². The van der Waals surface area contributed by atoms with Gasteiger partial charge in [0, 0.05) is 13.1 Å². The third-order valence-electron chi connectivity index (χ3n) is 2.79. The number of aromatic nitrogens is 2. The van der Waals surface area contributed by atoms with Crippen LogP contribution >= 0.6 is 15.9 Å². The van der Waals surface area contributed by atoms with Crippen LogP contribution < -0.4 is 9.64 Å². The van der Waals surface area contributed by atoms with Crippen LogP contribution in [-0.4, -0.2) is 30.2 Å². The van der Waals surface area contributed by atoms with Crippen LogP contribution in [0.5, 0.6) is 5.88 Å². The van der Waals surface area contributed by atoms with Crippen molar-refractivity contribution in [3.8, 4) is 5.88 Å². The van der Waals surface area contributed by atoms with Crippen LogP contribution in [0.2, 0.25) is 0 Å². The van der Waals surface area contributed by atoms with Gasteiger partial charge in [-0.25, -0.2) is 4.98 Å². The third-order valence-corrected chi connectivity index (χ3v) is 3.33. The zero-order chi connectivity index (χ0) is 12.8. The molecule has 1 unspecified atom stereocenters. The summed E-state index contributed by atoms with van der Waals surface area (Å²) < 4.78 is 5.97. The molecule has 5 heteroatoms. The van der Waals surface area contributed by atoms with Gasteiger partial charge in [0.25, 0.3) is 0 Å². The molecule has 0 fully saturated rings. The second-order valence-corrected chi connectivity index (χ2v) is 4.93. The highest BCUT2D eigenvalue weighted by Gasteiger charge is 2.13. The maximum absolute atomic E-state index is 5.19. The van der Waals surface area contributed by atoms with E-state index in [-0.39, 0.29) is 0 Å². The maximum Gasteiger partial charge on any atom is 0.232 e. The predicted molar refractivity (Wildman–Crippen MR) is 73.6 cm³/mol. The Kier molecular flexibility index (Phi) is 5.68. The molecule has 0 saturated heterocycles. The van der Waals surface area contributed by atoms with Gasteiger partial charge < -0.3 is 9.64 Å². The van der Waals surface area contributed by atoms with Crippen LogP contribution in [-0.2, 0) is 0 Å². The van der Waals surface area contributed by atoms with Crippen molar-refractivity contribution in [3.63, 3.8) is 0 Å². The van der Waals surface area contributed by atoms with Crippen molar-refractivity contribution in [2.45, 2.75) is 27.2 Å². The summed E-state index contributed by atoms with van der Waals surface area (Å²) in [4.78, 5) is 10.9. The molecule has 96 valence electrons. The number of halogens is 1. The lowest BCUT2D eigenvalue weighted by Gasteiger charge is -2.24. The average molecular weight is 302 g/mol. The molecular formula is C12H20BrN3O. The first-order valence-corrected chi connectivity index (χ1v) is 6.73. The molecule has 0 aromatic carbocycles. The van der Waals surface area contributed by atoms with E-state index in [0.29, 0.717) is 11.8 Å². The minimum absolute atomic E-state index is 0.581. The predicted octanol–water partition coefficient (Wildman–Crippen LogP) is 3.12. The molecule has 17 heavy (non-hydrogen) atoms. The van der Waals surface area contributed by atoms with Crippen LogP contribution in [0, 0.1) is 5.92 Å². The summed E-state index contributed by atoms with van der Waals surface area (Å²) in [5, 5.41) is 0. The Hall–Kier alpha value is -0.840. The van der Waals surface area contributed by atoms with Crippen LogP contribution in [0.15, 0.2) is 10.7 Å². The Morgan fingerprint density at radius 2 is 2.18 bits per heavy atom. The molecule has 0 amide bonds. The molecule has 0 N–H and O–H groups in total. The van der Waals surface area contributed by atoms with E-state index in [9.17, 15) is 0 Å². The molecule has 1 aromatic rings. The van der Waals surface area contributed by atoms with Crippen molar-refractivity contribution in [1.82, 2.24) is 9.97 Å². The van der Waals surface area contributed by atoms with Crippen molar-refractivity contribution in [2.75, 3.05) is 25.1 Å². The minimum atomic E-state index is 0.581. The molecule has 0 aliphatic heterocycles. The normalized spacial score (nSPS) is 12.3. The fourth-order valence-corrected chi connectivity index (χ4v) is 1.85. The van der Waals surface area contributed by atoms with E-state index >= 15 is 0 Å². The summed E-state index contributed by atoms with van der Waals surface area (Å²) in [7, 11) is 1.61. The molecular weight excluding hydrogens is 282 g/mol. The minimum Gasteiger partial charge on any atom is -0.480 e. The summed E-state index contributed by atoms with van der Waals surface area (Å²) >= 11 is 3.36. The smallest absolute Gasteiger partial charge is 0.232 e. The summed E-state index contributed by atoms with van der Waals surface area (Å²) in [5.74, 6) is 1.94. The Balaban J connectivity index is 2.88. The number of ether oxygens (including phenoxy) is 1. The summed E-state index contributed by atoms with van der Waals surface area (Å²) in [5.41, 5.74) is 0. The fraction of sp³-hybridized carbons (Fsp3) is 0.667. The van der Waals surface area contributed by atoms with E-state index in [4.69, 9.17) is 4.74 Å². The number of rotatable bonds is 6. The second kappa shape index (κ2) is 6.79. The van der Waals surface area contributed by atoms with Gasteiger partial charge in [0.1, 0.15) is 0 Å². The van der Waals surface area contributed by atoms with Crippen molar-refractivity contribution < 1.29 is 4.74 Å². The van der Waals surface area contributed by atoms with Crippen molar-refractivity contribution in [1.29, 1.82) is 0 Å². The van der Waals surface area contributed by atoms with Crippen molar-refractivity contribution in [2.24, 2.45) is 5.92 Å². The van der Waals surface area contributed by atoms with E-state index in [1.807, 2.05) is 0 Å². The lowest BCUT2D eigenvalue weighted by Crippen LogP contribution is -2.29. The molecule has 1 rings (SSSR count). The van der Waals surface area contributed by atoms with Gasteiger partial charge in [-0.3, -0.25) is 0 Å². The zero-order valence-electron chi connectivity index (χ0n) is 10.9. The number of anilines is 1. The zero-order valence-corrected chi connectivity index (χ0v) is 12.5. The topological polar surface area (TPSA) is 38.2 Å². The Labute approximate surface area is 112 Å². The van der Waals surface area contributed by atoms with Gasteiger partial charge in [0.15, 0.2) is 0 Å². The van der Waals surface area contributed by atoms with Gasteiger partial charge in [-0.2, -0.15) is 4.98 Å². The lowest BCUT2D eigenvalue weighted by molar-refractivity contribution is 0.393. The molecule has 0 saturated carbocycles. The molecule has 0 aliphatic rings. The van der Waals surface area contributed by atoms with Gasteiger partial charge in [-0.05, 0) is 28.8 Å². The summed E-state index contributed by atoms with van der Waals surface area (Å²) in [6.07, 6.45) is 2.89. The molecule has 1 aromatic heterocycles. The van der Waals surface area contributed by atoms with Gasteiger partial charge in [-0.15, -0.1) is 0 Å². The summed E-state index contributed by atoms with van der Waals surface area (Å²) in [6, 6.07) is 0. The van der Waals surface area contributed by atoms with Crippen LogP contribution in [0.4, 0.5) is 5.95 Å². The number of hydrogen-bond acceptors (Lipinski definition) is 4. The average Bonchev–Trinajstić information content (AvgIpc) is 2.36. The fourth-order valence-electron chi connectivity index (χ4n) is 1.50. The maximum atomic E-state index is 5.19. The Morgan fingerprint density at radius 3 is 2.71 bits per heavy atom. The van der Waals surface area contributed by atoms with Gasteiger partial charge >= 0.3 is 0 Å². The highest BCUT2D eigenvalue weighted by molar-refractivity contribution is 9.10. The van der Waals surface area contributed by atoms with Crippen LogP contribution in [0.3, 0.4) is 0 Å². The van der Waals surface area contributed by atoms with Crippen LogP contribution in [0.1, 0.15) is 27.2 Å². The standard InChI is InChI=1S/C12H20BrN3O/c1-5-9(3)8-16(6-2)12-14-7-10(13)11(15-12)17-4/h7,9H,5-6,8H2,1-4H3. The summed E-state index contributed by atoms with van der Waals surface area (Å²) in [6.45, 7) is 8.41. The lowest BCUT2D eigenvalue weighted by atomic mass is 10.1. The quantitative estimate of drug-likeness (QED) is 0.809. The number of hydrogen-bond donors (Lipinski definition) is 0. The van der Waals surface area contributed by atoms with E-state index in [1.165, 1.54) is 0 Å².